The minimum Gasteiger partial charge on any atom is -0.492 e. The quantitative estimate of drug-likeness (QED) is 0.110. The van der Waals surface area contributed by atoms with Gasteiger partial charge in [0.2, 0.25) is 5.91 Å². The molecule has 52 heavy (non-hydrogen) atoms. The molecule has 11 nitrogen and oxygen atoms in total. The molecular weight excluding hydrogens is 705 g/mol. The van der Waals surface area contributed by atoms with E-state index in [0.717, 1.165) is 41.6 Å². The number of β-amino-alcohol motifs (C(OH)–C–C–N with tert-alkyl or cyclic N) is 1. The number of nitrogens with one attached hydrogen (secondary N) is 1. The second-order valence-electron chi connectivity index (χ2n) is 13.1. The molecule has 0 saturated carbocycles. The number of nitrogens with zero attached hydrogens (tertiary/aromatic N) is 3. The van der Waals surface area contributed by atoms with Crippen molar-refractivity contribution >= 4 is 29.1 Å². The van der Waals surface area contributed by atoms with Gasteiger partial charge in [0.25, 0.3) is 0 Å². The number of primary amides is 1. The van der Waals surface area contributed by atoms with Gasteiger partial charge in [-0.1, -0.05) is 53.5 Å². The normalized spacial score (nSPS) is 16.7. The zero-order valence-electron chi connectivity index (χ0n) is 28.7. The summed E-state index contributed by atoms with van der Waals surface area (Å²) in [7, 11) is 0. The number of halogens is 2. The molecule has 0 radical (unpaired) electrons. The van der Waals surface area contributed by atoms with Gasteiger partial charge in [-0.2, -0.15) is 5.26 Å². The fraction of sp³-hybridized carbons (Fsp3) is 0.359. The number of rotatable bonds is 16. The van der Waals surface area contributed by atoms with Crippen molar-refractivity contribution < 1.29 is 29.2 Å². The van der Waals surface area contributed by atoms with Crippen LogP contribution in [0.4, 0.5) is 0 Å². The van der Waals surface area contributed by atoms with Crippen molar-refractivity contribution in [3.63, 3.8) is 0 Å². The summed E-state index contributed by atoms with van der Waals surface area (Å²) in [5, 5.41) is 32.8. The number of amides is 1. The van der Waals surface area contributed by atoms with Crippen LogP contribution in [0.15, 0.2) is 67.0 Å². The maximum atomic E-state index is 11.9. The van der Waals surface area contributed by atoms with Gasteiger partial charge < -0.3 is 30.2 Å². The number of aromatic nitrogens is 1. The molecule has 1 fully saturated rings. The van der Waals surface area contributed by atoms with E-state index in [9.17, 15) is 20.3 Å². The van der Waals surface area contributed by atoms with Crippen molar-refractivity contribution in [3.8, 4) is 34.4 Å². The Balaban J connectivity index is 1.21. The van der Waals surface area contributed by atoms with E-state index in [4.69, 9.17) is 43.1 Å². The summed E-state index contributed by atoms with van der Waals surface area (Å²) in [5.74, 6) is 0.783. The van der Waals surface area contributed by atoms with Gasteiger partial charge in [0.05, 0.1) is 34.4 Å². The van der Waals surface area contributed by atoms with Gasteiger partial charge in [0, 0.05) is 61.3 Å². The van der Waals surface area contributed by atoms with Crippen LogP contribution in [-0.4, -0.2) is 70.5 Å². The Hall–Kier alpha value is -4.41. The monoisotopic (exact) mass is 745 g/mol. The SMILES string of the molecule is C[C@@H](O)[C@H](NCc1cc(Cl)c(O[C@H]2CCc3c(-c4cccc(OCCCN5CC(O)C5)c4Cl)cccc32)cc1OCc1cncc(C#N)c1)C(N)=O. The molecule has 4 aromatic rings. The number of hydrogen-bond acceptors (Lipinski definition) is 10. The molecule has 1 saturated heterocycles. The molecule has 3 atom stereocenters. The van der Waals surface area contributed by atoms with Gasteiger partial charge in [0.15, 0.2) is 0 Å². The second-order valence-corrected chi connectivity index (χ2v) is 13.9. The molecule has 1 amide bonds. The first-order valence-electron chi connectivity index (χ1n) is 17.2. The average molecular weight is 747 g/mol. The van der Waals surface area contributed by atoms with E-state index in [1.54, 1.807) is 24.4 Å². The third-order valence-electron chi connectivity index (χ3n) is 9.29. The number of nitrogens with two attached hydrogens (primary N) is 1. The maximum Gasteiger partial charge on any atom is 0.237 e. The van der Waals surface area contributed by atoms with Crippen molar-refractivity contribution in [2.45, 2.75) is 63.7 Å². The Bertz CT molecular complexity index is 1950. The summed E-state index contributed by atoms with van der Waals surface area (Å²) in [6.45, 7) is 4.52. The molecule has 2 aliphatic rings. The van der Waals surface area contributed by atoms with Crippen molar-refractivity contribution in [2.24, 2.45) is 5.73 Å². The summed E-state index contributed by atoms with van der Waals surface area (Å²) in [4.78, 5) is 18.3. The Kier molecular flexibility index (Phi) is 12.2. The number of aliphatic hydroxyl groups excluding tert-OH is 2. The minimum absolute atomic E-state index is 0.105. The summed E-state index contributed by atoms with van der Waals surface area (Å²) in [6.07, 6.45) is 3.86. The highest BCUT2D eigenvalue weighted by Crippen LogP contribution is 2.45. The van der Waals surface area contributed by atoms with Crippen molar-refractivity contribution in [1.82, 2.24) is 15.2 Å². The predicted octanol–water partition coefficient (Wildman–Crippen LogP) is 5.34. The Morgan fingerprint density at radius 3 is 2.63 bits per heavy atom. The standard InChI is InChI=1S/C39H41Cl2N5O6/c1-23(47)38(39(43)49)45-19-26-14-32(40)36(15-35(26)51-22-25-13-24(16-42)17-44-18-25)52-33-10-9-29-28(5-2-6-30(29)33)31-7-3-8-34(37(31)41)50-12-4-11-46-20-27(48)21-46/h2-3,5-8,13-15,17-18,23,27,33,38,45,47-48H,4,9-12,19-22H2,1H3,(H2,43,49)/t23-,33+,38+/m1/s1. The molecule has 3 aromatic carbocycles. The zero-order valence-corrected chi connectivity index (χ0v) is 30.2. The van der Waals surface area contributed by atoms with Gasteiger partial charge in [-0.05, 0) is 61.1 Å². The van der Waals surface area contributed by atoms with Crippen LogP contribution in [0, 0.1) is 11.3 Å². The average Bonchev–Trinajstić information content (AvgIpc) is 3.53. The number of carbonyl (C=O) groups excluding carboxylic acids is 1. The van der Waals surface area contributed by atoms with E-state index in [2.05, 4.69) is 33.4 Å². The van der Waals surface area contributed by atoms with E-state index < -0.39 is 18.1 Å². The van der Waals surface area contributed by atoms with Crippen molar-refractivity contribution in [3.05, 3.63) is 105 Å². The van der Waals surface area contributed by atoms with E-state index in [0.29, 0.717) is 70.1 Å². The molecule has 13 heteroatoms. The first-order valence-corrected chi connectivity index (χ1v) is 18.0. The first-order chi connectivity index (χ1) is 25.1. The summed E-state index contributed by atoms with van der Waals surface area (Å²) >= 11 is 13.8. The molecule has 5 N–H and O–H groups in total. The number of fused-ring (bicyclic) bond motifs is 1. The van der Waals surface area contributed by atoms with Crippen LogP contribution in [0.5, 0.6) is 17.2 Å². The highest BCUT2D eigenvalue weighted by molar-refractivity contribution is 6.35. The number of pyridine rings is 1. The van der Waals surface area contributed by atoms with Crippen LogP contribution in [0.3, 0.4) is 0 Å². The number of nitriles is 1. The third kappa shape index (κ3) is 8.78. The molecule has 272 valence electrons. The third-order valence-corrected chi connectivity index (χ3v) is 9.97. The van der Waals surface area contributed by atoms with Crippen LogP contribution in [-0.2, 0) is 24.4 Å². The van der Waals surface area contributed by atoms with Gasteiger partial charge in [-0.3, -0.25) is 20.0 Å². The molecule has 1 aliphatic heterocycles. The molecule has 0 unspecified atom stereocenters. The Morgan fingerprint density at radius 1 is 1.10 bits per heavy atom. The topological polar surface area (TPSA) is 163 Å². The predicted molar refractivity (Wildman–Crippen MR) is 197 cm³/mol. The largest absolute Gasteiger partial charge is 0.492 e. The highest BCUT2D eigenvalue weighted by Gasteiger charge is 2.29. The molecule has 1 aromatic heterocycles. The van der Waals surface area contributed by atoms with Crippen LogP contribution < -0.4 is 25.3 Å². The highest BCUT2D eigenvalue weighted by atomic mass is 35.5. The van der Waals surface area contributed by atoms with E-state index in [-0.39, 0.29) is 25.4 Å². The Labute approximate surface area is 312 Å². The van der Waals surface area contributed by atoms with Gasteiger partial charge >= 0.3 is 0 Å². The van der Waals surface area contributed by atoms with Crippen LogP contribution in [0.1, 0.15) is 53.7 Å². The van der Waals surface area contributed by atoms with E-state index >= 15 is 0 Å². The Morgan fingerprint density at radius 2 is 1.88 bits per heavy atom. The number of carbonyl (C=O) groups is 1. The smallest absolute Gasteiger partial charge is 0.237 e. The lowest BCUT2D eigenvalue weighted by Gasteiger charge is -2.35. The number of hydrogen-bond donors (Lipinski definition) is 4. The number of benzene rings is 3. The summed E-state index contributed by atoms with van der Waals surface area (Å²) in [6, 6.07) is 18.1. The number of ether oxygens (including phenoxy) is 3. The fourth-order valence-electron chi connectivity index (χ4n) is 6.63. The van der Waals surface area contributed by atoms with Crippen LogP contribution in [0.2, 0.25) is 10.0 Å². The summed E-state index contributed by atoms with van der Waals surface area (Å²) < 4.78 is 18.9. The molecular formula is C39H41Cl2N5O6. The second kappa shape index (κ2) is 16.9. The van der Waals surface area contributed by atoms with Gasteiger partial charge in [-0.15, -0.1) is 0 Å². The van der Waals surface area contributed by atoms with Gasteiger partial charge in [-0.25, -0.2) is 0 Å². The lowest BCUT2D eigenvalue weighted by molar-refractivity contribution is -0.122. The van der Waals surface area contributed by atoms with E-state index in [1.807, 2.05) is 24.3 Å². The van der Waals surface area contributed by atoms with Crippen molar-refractivity contribution in [2.75, 3.05) is 26.2 Å². The number of aliphatic hydroxyl groups is 2. The molecule has 2 heterocycles. The van der Waals surface area contributed by atoms with Crippen LogP contribution >= 0.6 is 23.2 Å². The van der Waals surface area contributed by atoms with Gasteiger partial charge in [0.1, 0.15) is 42.1 Å². The number of likely N-dealkylation sites (tertiary alicyclic amines) is 1. The fourth-order valence-corrected chi connectivity index (χ4v) is 7.14. The molecule has 1 aliphatic carbocycles. The van der Waals surface area contributed by atoms with Crippen LogP contribution in [0.25, 0.3) is 11.1 Å². The maximum absolute atomic E-state index is 11.9. The summed E-state index contributed by atoms with van der Waals surface area (Å²) in [5.41, 5.74) is 11.3. The molecule has 0 spiro atoms. The van der Waals surface area contributed by atoms with Crippen molar-refractivity contribution in [1.29, 1.82) is 5.26 Å². The minimum atomic E-state index is -1.02. The zero-order chi connectivity index (χ0) is 36.8. The lowest BCUT2D eigenvalue weighted by Crippen LogP contribution is -2.50. The lowest BCUT2D eigenvalue weighted by atomic mass is 9.96. The van der Waals surface area contributed by atoms with E-state index in [1.165, 1.54) is 13.1 Å². The first kappa shape index (κ1) is 37.4. The molecule has 0 bridgehead atoms. The molecule has 6 rings (SSSR count).